The van der Waals surface area contributed by atoms with Crippen molar-refractivity contribution in [3.8, 4) is 0 Å². The summed E-state index contributed by atoms with van der Waals surface area (Å²) >= 11 is 0. The molecule has 1 aliphatic heterocycles. The van der Waals surface area contributed by atoms with E-state index in [2.05, 4.69) is 0 Å². The Morgan fingerprint density at radius 2 is 2.19 bits per heavy atom. The molecule has 0 aromatic rings. The normalized spacial score (nSPS) is 23.0. The molecule has 16 heavy (non-hydrogen) atoms. The van der Waals surface area contributed by atoms with Gasteiger partial charge in [-0.3, -0.25) is 4.79 Å². The Kier molecular flexibility index (Phi) is 4.74. The fraction of sp³-hybridized carbons (Fsp3) is 0.917. The molecule has 0 N–H and O–H groups in total. The number of amides is 1. The second kappa shape index (κ2) is 5.64. The summed E-state index contributed by atoms with van der Waals surface area (Å²) in [5, 5.41) is 0. The first-order chi connectivity index (χ1) is 7.38. The van der Waals surface area contributed by atoms with Gasteiger partial charge in [-0.2, -0.15) is 0 Å². The van der Waals surface area contributed by atoms with Gasteiger partial charge in [0.1, 0.15) is 6.61 Å². The van der Waals surface area contributed by atoms with Crippen LogP contribution in [0.3, 0.4) is 0 Å². The van der Waals surface area contributed by atoms with Crippen LogP contribution in [0.4, 0.5) is 0 Å². The van der Waals surface area contributed by atoms with E-state index < -0.39 is 0 Å². The smallest absolute Gasteiger partial charge is 0.248 e. The lowest BCUT2D eigenvalue weighted by Crippen LogP contribution is -2.39. The number of nitrogens with zero attached hydrogens (tertiary/aromatic N) is 1. The van der Waals surface area contributed by atoms with E-state index in [1.54, 1.807) is 0 Å². The Morgan fingerprint density at radius 3 is 2.81 bits per heavy atom. The van der Waals surface area contributed by atoms with E-state index in [4.69, 9.17) is 9.47 Å². The summed E-state index contributed by atoms with van der Waals surface area (Å²) in [6.45, 7) is 10.2. The largest absolute Gasteiger partial charge is 0.377 e. The maximum absolute atomic E-state index is 11.9. The van der Waals surface area contributed by atoms with Crippen molar-refractivity contribution in [2.45, 2.75) is 45.8 Å². The summed E-state index contributed by atoms with van der Waals surface area (Å²) in [5.74, 6) is 0.0623. The first kappa shape index (κ1) is 13.5. The van der Waals surface area contributed by atoms with Crippen LogP contribution in [0.1, 0.15) is 34.1 Å². The number of ether oxygens (including phenoxy) is 2. The molecule has 94 valence electrons. The Balaban J connectivity index is 2.40. The van der Waals surface area contributed by atoms with Crippen molar-refractivity contribution in [1.29, 1.82) is 0 Å². The number of carbonyl (C=O) groups excluding carboxylic acids is 1. The van der Waals surface area contributed by atoms with E-state index in [1.165, 1.54) is 0 Å². The van der Waals surface area contributed by atoms with Crippen molar-refractivity contribution in [2.24, 2.45) is 0 Å². The van der Waals surface area contributed by atoms with Crippen molar-refractivity contribution >= 4 is 5.91 Å². The highest BCUT2D eigenvalue weighted by molar-refractivity contribution is 5.77. The van der Waals surface area contributed by atoms with Crippen molar-refractivity contribution in [2.75, 3.05) is 26.3 Å². The second-order valence-electron chi connectivity index (χ2n) is 5.28. The van der Waals surface area contributed by atoms with Crippen LogP contribution in [-0.2, 0) is 14.3 Å². The standard InChI is InChI=1S/C12H23NO3/c1-10-8-13(6-5-7-15-10)11(14)9-16-12(2,3)4/h10H,5-9H2,1-4H3. The van der Waals surface area contributed by atoms with Crippen LogP contribution in [0.15, 0.2) is 0 Å². The third kappa shape index (κ3) is 4.94. The number of hydrogen-bond donors (Lipinski definition) is 0. The van der Waals surface area contributed by atoms with E-state index in [-0.39, 0.29) is 24.2 Å². The number of hydrogen-bond acceptors (Lipinski definition) is 3. The molecule has 1 rings (SSSR count). The summed E-state index contributed by atoms with van der Waals surface area (Å²) in [5.41, 5.74) is -0.260. The fourth-order valence-electron chi connectivity index (χ4n) is 1.59. The van der Waals surface area contributed by atoms with Gasteiger partial charge >= 0.3 is 0 Å². The molecule has 1 saturated heterocycles. The van der Waals surface area contributed by atoms with Crippen LogP contribution in [-0.4, -0.2) is 48.8 Å². The van der Waals surface area contributed by atoms with E-state index in [0.29, 0.717) is 6.54 Å². The number of carbonyl (C=O) groups is 1. The lowest BCUT2D eigenvalue weighted by Gasteiger charge is -2.25. The van der Waals surface area contributed by atoms with Gasteiger partial charge < -0.3 is 14.4 Å². The molecule has 1 heterocycles. The fourth-order valence-corrected chi connectivity index (χ4v) is 1.59. The maximum Gasteiger partial charge on any atom is 0.248 e. The van der Waals surface area contributed by atoms with Gasteiger partial charge in [-0.05, 0) is 34.1 Å². The van der Waals surface area contributed by atoms with E-state index >= 15 is 0 Å². The highest BCUT2D eigenvalue weighted by atomic mass is 16.5. The SMILES string of the molecule is CC1CN(C(=O)COC(C)(C)C)CCCO1. The quantitative estimate of drug-likeness (QED) is 0.719. The minimum Gasteiger partial charge on any atom is -0.377 e. The van der Waals surface area contributed by atoms with Gasteiger partial charge in [0.25, 0.3) is 0 Å². The van der Waals surface area contributed by atoms with Crippen LogP contribution in [0.25, 0.3) is 0 Å². The minimum atomic E-state index is -0.260. The van der Waals surface area contributed by atoms with Gasteiger partial charge in [-0.25, -0.2) is 0 Å². The van der Waals surface area contributed by atoms with Crippen LogP contribution >= 0.6 is 0 Å². The molecule has 1 amide bonds. The molecular formula is C12H23NO3. The zero-order valence-electron chi connectivity index (χ0n) is 10.8. The zero-order valence-corrected chi connectivity index (χ0v) is 10.8. The van der Waals surface area contributed by atoms with E-state index in [9.17, 15) is 4.79 Å². The summed E-state index contributed by atoms with van der Waals surface area (Å²) in [7, 11) is 0. The van der Waals surface area contributed by atoms with Crippen LogP contribution in [0.5, 0.6) is 0 Å². The van der Waals surface area contributed by atoms with Crippen LogP contribution in [0, 0.1) is 0 Å². The zero-order chi connectivity index (χ0) is 12.2. The average molecular weight is 229 g/mol. The van der Waals surface area contributed by atoms with Gasteiger partial charge in [0.2, 0.25) is 5.91 Å². The number of rotatable bonds is 2. The predicted octanol–water partition coefficient (Wildman–Crippen LogP) is 1.44. The monoisotopic (exact) mass is 229 g/mol. The average Bonchev–Trinajstić information content (AvgIpc) is 2.38. The van der Waals surface area contributed by atoms with Crippen molar-refractivity contribution in [3.05, 3.63) is 0 Å². The third-order valence-corrected chi connectivity index (χ3v) is 2.43. The second-order valence-corrected chi connectivity index (χ2v) is 5.28. The van der Waals surface area contributed by atoms with E-state index in [0.717, 1.165) is 19.6 Å². The van der Waals surface area contributed by atoms with Gasteiger partial charge in [-0.1, -0.05) is 0 Å². The van der Waals surface area contributed by atoms with E-state index in [1.807, 2.05) is 32.6 Å². The highest BCUT2D eigenvalue weighted by Crippen LogP contribution is 2.09. The van der Waals surface area contributed by atoms with Crippen molar-refractivity contribution < 1.29 is 14.3 Å². The summed E-state index contributed by atoms with van der Waals surface area (Å²) in [6, 6.07) is 0. The lowest BCUT2D eigenvalue weighted by molar-refractivity contribution is -0.141. The van der Waals surface area contributed by atoms with Crippen LogP contribution < -0.4 is 0 Å². The molecule has 1 fully saturated rings. The van der Waals surface area contributed by atoms with Gasteiger partial charge in [0.15, 0.2) is 0 Å². The molecule has 0 aliphatic carbocycles. The molecule has 0 aromatic heterocycles. The molecule has 0 spiro atoms. The van der Waals surface area contributed by atoms with Crippen molar-refractivity contribution in [3.63, 3.8) is 0 Å². The third-order valence-electron chi connectivity index (χ3n) is 2.43. The Labute approximate surface area is 97.9 Å². The summed E-state index contributed by atoms with van der Waals surface area (Å²) < 4.78 is 11.0. The van der Waals surface area contributed by atoms with Gasteiger partial charge in [-0.15, -0.1) is 0 Å². The molecule has 0 radical (unpaired) electrons. The van der Waals surface area contributed by atoms with Gasteiger partial charge in [0.05, 0.1) is 11.7 Å². The lowest BCUT2D eigenvalue weighted by atomic mass is 10.2. The Hall–Kier alpha value is -0.610. The maximum atomic E-state index is 11.9. The molecule has 1 aliphatic rings. The Bertz CT molecular complexity index is 235. The molecule has 4 heteroatoms. The molecule has 1 atom stereocenters. The molecule has 1 unspecified atom stereocenters. The molecule has 0 aromatic carbocycles. The predicted molar refractivity (Wildman–Crippen MR) is 62.3 cm³/mol. The first-order valence-corrected chi connectivity index (χ1v) is 5.92. The molecule has 0 saturated carbocycles. The summed E-state index contributed by atoms with van der Waals surface area (Å²) in [6.07, 6.45) is 1.03. The van der Waals surface area contributed by atoms with Crippen molar-refractivity contribution in [1.82, 2.24) is 4.90 Å². The van der Waals surface area contributed by atoms with Crippen LogP contribution in [0.2, 0.25) is 0 Å². The first-order valence-electron chi connectivity index (χ1n) is 5.92. The highest BCUT2D eigenvalue weighted by Gasteiger charge is 2.21. The van der Waals surface area contributed by atoms with Gasteiger partial charge in [0, 0.05) is 19.7 Å². The molecule has 4 nitrogen and oxygen atoms in total. The summed E-state index contributed by atoms with van der Waals surface area (Å²) in [4.78, 5) is 13.7. The molecular weight excluding hydrogens is 206 g/mol. The minimum absolute atomic E-state index is 0.0623. The topological polar surface area (TPSA) is 38.8 Å². The molecule has 0 bridgehead atoms. The Morgan fingerprint density at radius 1 is 1.50 bits per heavy atom.